The zero-order chi connectivity index (χ0) is 19.1. The van der Waals surface area contributed by atoms with E-state index in [4.69, 9.17) is 9.47 Å². The van der Waals surface area contributed by atoms with Crippen molar-refractivity contribution in [2.45, 2.75) is 11.5 Å². The maximum Gasteiger partial charge on any atom is 0.259 e. The molecule has 0 saturated heterocycles. The highest BCUT2D eigenvalue weighted by molar-refractivity contribution is 7.98. The number of ether oxygens (including phenoxy) is 2. The van der Waals surface area contributed by atoms with Crippen LogP contribution in [0.25, 0.3) is 0 Å². The molecule has 138 valence electrons. The Labute approximate surface area is 163 Å². The molecule has 1 N–H and O–H groups in total. The summed E-state index contributed by atoms with van der Waals surface area (Å²) in [6.45, 7) is 0.348. The summed E-state index contributed by atoms with van der Waals surface area (Å²) < 4.78 is 11.3. The van der Waals surface area contributed by atoms with E-state index in [1.165, 1.54) is 0 Å². The lowest BCUT2D eigenvalue weighted by Gasteiger charge is -2.13. The average Bonchev–Trinajstić information content (AvgIpc) is 2.73. The topological polar surface area (TPSA) is 47.6 Å². The highest BCUT2D eigenvalue weighted by Gasteiger charge is 2.13. The number of rotatable bonds is 7. The van der Waals surface area contributed by atoms with Crippen LogP contribution >= 0.6 is 11.8 Å². The standard InChI is InChI=1S/C22H21NO3S/c1-25-20-14-16(12-13-21(20)27-2)15-26-19-11-7-6-10-18(19)22(24)23-17-8-4-3-5-9-17/h3-14H,15H2,1-2H3,(H,23,24). The van der Waals surface area contributed by atoms with E-state index in [-0.39, 0.29) is 5.91 Å². The number of nitrogens with one attached hydrogen (secondary N) is 1. The molecule has 0 aliphatic carbocycles. The minimum atomic E-state index is -0.202. The number of thioether (sulfide) groups is 1. The van der Waals surface area contributed by atoms with E-state index in [0.717, 1.165) is 21.9 Å². The molecule has 0 fully saturated rings. The number of carbonyl (C=O) groups excluding carboxylic acids is 1. The molecule has 3 rings (SSSR count). The Morgan fingerprint density at radius 3 is 2.44 bits per heavy atom. The van der Waals surface area contributed by atoms with Crippen LogP contribution in [0.15, 0.2) is 77.7 Å². The molecule has 0 aromatic heterocycles. The molecule has 3 aromatic rings. The Hall–Kier alpha value is -2.92. The Morgan fingerprint density at radius 1 is 0.963 bits per heavy atom. The van der Waals surface area contributed by atoms with E-state index in [1.807, 2.05) is 66.9 Å². The molecule has 0 unspecified atom stereocenters. The first-order valence-corrected chi connectivity index (χ1v) is 9.73. The zero-order valence-electron chi connectivity index (χ0n) is 15.3. The molecule has 0 radical (unpaired) electrons. The van der Waals surface area contributed by atoms with Gasteiger partial charge in [0.25, 0.3) is 5.91 Å². The van der Waals surface area contributed by atoms with Crippen LogP contribution in [0.3, 0.4) is 0 Å². The second-order valence-electron chi connectivity index (χ2n) is 5.79. The van der Waals surface area contributed by atoms with Crippen LogP contribution in [0.5, 0.6) is 11.5 Å². The van der Waals surface area contributed by atoms with E-state index in [2.05, 4.69) is 5.32 Å². The third-order valence-corrected chi connectivity index (χ3v) is 4.78. The molecule has 0 atom stereocenters. The van der Waals surface area contributed by atoms with E-state index >= 15 is 0 Å². The van der Waals surface area contributed by atoms with Gasteiger partial charge in [0.05, 0.1) is 12.7 Å². The van der Waals surface area contributed by atoms with Crippen molar-refractivity contribution >= 4 is 23.4 Å². The highest BCUT2D eigenvalue weighted by Crippen LogP contribution is 2.29. The van der Waals surface area contributed by atoms with Crippen LogP contribution in [0, 0.1) is 0 Å². The van der Waals surface area contributed by atoms with Gasteiger partial charge in [-0.2, -0.15) is 0 Å². The van der Waals surface area contributed by atoms with Gasteiger partial charge in [-0.15, -0.1) is 11.8 Å². The third-order valence-electron chi connectivity index (χ3n) is 4.01. The molecule has 1 amide bonds. The number of hydrogen-bond donors (Lipinski definition) is 1. The normalized spacial score (nSPS) is 10.3. The molecular formula is C22H21NO3S. The van der Waals surface area contributed by atoms with Crippen LogP contribution in [0.4, 0.5) is 5.69 Å². The van der Waals surface area contributed by atoms with Crippen LogP contribution < -0.4 is 14.8 Å². The lowest BCUT2D eigenvalue weighted by Crippen LogP contribution is -2.13. The lowest BCUT2D eigenvalue weighted by atomic mass is 10.1. The van der Waals surface area contributed by atoms with E-state index < -0.39 is 0 Å². The molecule has 0 spiro atoms. The molecular weight excluding hydrogens is 358 g/mol. The van der Waals surface area contributed by atoms with Gasteiger partial charge in [0.1, 0.15) is 18.1 Å². The van der Waals surface area contributed by atoms with Crippen molar-refractivity contribution < 1.29 is 14.3 Å². The quantitative estimate of drug-likeness (QED) is 0.570. The molecule has 5 heteroatoms. The van der Waals surface area contributed by atoms with Gasteiger partial charge in [0.15, 0.2) is 0 Å². The summed E-state index contributed by atoms with van der Waals surface area (Å²) in [4.78, 5) is 13.7. The SMILES string of the molecule is COc1cc(COc2ccccc2C(=O)Nc2ccccc2)ccc1SC. The Balaban J connectivity index is 1.73. The van der Waals surface area contributed by atoms with Gasteiger partial charge in [-0.25, -0.2) is 0 Å². The number of para-hydroxylation sites is 2. The van der Waals surface area contributed by atoms with Crippen LogP contribution in [0.2, 0.25) is 0 Å². The van der Waals surface area contributed by atoms with Crippen molar-refractivity contribution in [1.82, 2.24) is 0 Å². The molecule has 4 nitrogen and oxygen atoms in total. The number of amides is 1. The Bertz CT molecular complexity index is 912. The summed E-state index contributed by atoms with van der Waals surface area (Å²) in [7, 11) is 1.66. The Morgan fingerprint density at radius 2 is 1.70 bits per heavy atom. The molecule has 0 heterocycles. The second kappa shape index (κ2) is 9.14. The first-order valence-electron chi connectivity index (χ1n) is 8.50. The van der Waals surface area contributed by atoms with Gasteiger partial charge in [0.2, 0.25) is 0 Å². The number of carbonyl (C=O) groups is 1. The van der Waals surface area contributed by atoms with E-state index in [1.54, 1.807) is 31.0 Å². The zero-order valence-corrected chi connectivity index (χ0v) is 16.1. The maximum atomic E-state index is 12.6. The van der Waals surface area contributed by atoms with Gasteiger partial charge in [-0.3, -0.25) is 4.79 Å². The van der Waals surface area contributed by atoms with Crippen molar-refractivity contribution in [1.29, 1.82) is 0 Å². The van der Waals surface area contributed by atoms with Gasteiger partial charge >= 0.3 is 0 Å². The molecule has 3 aromatic carbocycles. The number of benzene rings is 3. The van der Waals surface area contributed by atoms with Crippen molar-refractivity contribution in [2.24, 2.45) is 0 Å². The predicted octanol–water partition coefficient (Wildman–Crippen LogP) is 5.25. The smallest absolute Gasteiger partial charge is 0.259 e. The van der Waals surface area contributed by atoms with Gasteiger partial charge in [0, 0.05) is 10.6 Å². The Kier molecular flexibility index (Phi) is 6.39. The van der Waals surface area contributed by atoms with Crippen LogP contribution in [-0.4, -0.2) is 19.3 Å². The molecule has 0 saturated carbocycles. The maximum absolute atomic E-state index is 12.6. The average molecular weight is 379 g/mol. The number of methoxy groups -OCH3 is 1. The fourth-order valence-corrected chi connectivity index (χ4v) is 3.18. The molecule has 0 bridgehead atoms. The number of hydrogen-bond acceptors (Lipinski definition) is 4. The fourth-order valence-electron chi connectivity index (χ4n) is 2.63. The van der Waals surface area contributed by atoms with E-state index in [0.29, 0.717) is 17.9 Å². The fraction of sp³-hybridized carbons (Fsp3) is 0.136. The highest BCUT2D eigenvalue weighted by atomic mass is 32.2. The van der Waals surface area contributed by atoms with Crippen molar-refractivity contribution in [3.63, 3.8) is 0 Å². The van der Waals surface area contributed by atoms with Crippen molar-refractivity contribution in [2.75, 3.05) is 18.7 Å². The minimum Gasteiger partial charge on any atom is -0.496 e. The molecule has 0 aliphatic heterocycles. The summed E-state index contributed by atoms with van der Waals surface area (Å²) in [5, 5.41) is 2.89. The molecule has 27 heavy (non-hydrogen) atoms. The monoisotopic (exact) mass is 379 g/mol. The van der Waals surface area contributed by atoms with Gasteiger partial charge < -0.3 is 14.8 Å². The first-order chi connectivity index (χ1) is 13.2. The largest absolute Gasteiger partial charge is 0.496 e. The van der Waals surface area contributed by atoms with Crippen LogP contribution in [-0.2, 0) is 6.61 Å². The van der Waals surface area contributed by atoms with Gasteiger partial charge in [-0.1, -0.05) is 36.4 Å². The summed E-state index contributed by atoms with van der Waals surface area (Å²) in [6, 6.07) is 22.6. The second-order valence-corrected chi connectivity index (χ2v) is 6.64. The third kappa shape index (κ3) is 4.83. The van der Waals surface area contributed by atoms with Gasteiger partial charge in [-0.05, 0) is 48.2 Å². The number of anilines is 1. The van der Waals surface area contributed by atoms with Crippen molar-refractivity contribution in [3.05, 3.63) is 83.9 Å². The summed E-state index contributed by atoms with van der Waals surface area (Å²) >= 11 is 1.63. The van der Waals surface area contributed by atoms with Crippen molar-refractivity contribution in [3.8, 4) is 11.5 Å². The predicted molar refractivity (Wildman–Crippen MR) is 110 cm³/mol. The summed E-state index contributed by atoms with van der Waals surface area (Å²) in [5.41, 5.74) is 2.21. The summed E-state index contributed by atoms with van der Waals surface area (Å²) in [6.07, 6.45) is 2.01. The molecule has 0 aliphatic rings. The minimum absolute atomic E-state index is 0.202. The lowest BCUT2D eigenvalue weighted by molar-refractivity contribution is 0.102. The van der Waals surface area contributed by atoms with Crippen LogP contribution in [0.1, 0.15) is 15.9 Å². The summed E-state index contributed by atoms with van der Waals surface area (Å²) in [5.74, 6) is 1.16. The van der Waals surface area contributed by atoms with E-state index in [9.17, 15) is 4.79 Å². The first kappa shape index (κ1) is 18.9.